The largest absolute Gasteiger partial charge is 0.314 e. The van der Waals surface area contributed by atoms with E-state index < -0.39 is 0 Å². The van der Waals surface area contributed by atoms with Crippen LogP contribution in [0.15, 0.2) is 0 Å². The van der Waals surface area contributed by atoms with Gasteiger partial charge in [0.05, 0.1) is 0 Å². The molecule has 0 saturated carbocycles. The zero-order valence-electron chi connectivity index (χ0n) is 11.3. The number of likely N-dealkylation sites (tertiary alicyclic amines) is 1. The van der Waals surface area contributed by atoms with Gasteiger partial charge in [-0.15, -0.1) is 0 Å². The fourth-order valence-corrected chi connectivity index (χ4v) is 2.83. The Morgan fingerprint density at radius 1 is 1.50 bits per heavy atom. The summed E-state index contributed by atoms with van der Waals surface area (Å²) in [5.74, 6) is 0.800. The molecule has 0 aromatic rings. The van der Waals surface area contributed by atoms with Gasteiger partial charge >= 0.3 is 0 Å². The van der Waals surface area contributed by atoms with Crippen molar-refractivity contribution in [3.63, 3.8) is 0 Å². The monoisotopic (exact) mass is 244 g/mol. The van der Waals surface area contributed by atoms with Gasteiger partial charge in [-0.05, 0) is 38.1 Å². The summed E-state index contributed by atoms with van der Waals surface area (Å²) in [7, 11) is 0. The van der Waals surface area contributed by atoms with Crippen LogP contribution in [0.4, 0.5) is 0 Å². The van der Waals surface area contributed by atoms with Gasteiger partial charge in [0, 0.05) is 24.4 Å². The summed E-state index contributed by atoms with van der Waals surface area (Å²) in [5, 5.41) is 4.45. The van der Waals surface area contributed by atoms with Crippen molar-refractivity contribution in [2.24, 2.45) is 5.92 Å². The lowest BCUT2D eigenvalue weighted by molar-refractivity contribution is 0.149. The molecule has 3 heteroatoms. The van der Waals surface area contributed by atoms with E-state index in [9.17, 15) is 0 Å². The molecule has 1 heterocycles. The highest BCUT2D eigenvalue weighted by molar-refractivity contribution is 7.99. The molecule has 0 aromatic carbocycles. The molecule has 1 fully saturated rings. The Bertz CT molecular complexity index is 187. The molecule has 3 atom stereocenters. The van der Waals surface area contributed by atoms with Crippen molar-refractivity contribution in [1.29, 1.82) is 0 Å². The van der Waals surface area contributed by atoms with E-state index in [1.807, 2.05) is 11.8 Å². The third kappa shape index (κ3) is 4.64. The van der Waals surface area contributed by atoms with Gasteiger partial charge in [-0.1, -0.05) is 20.8 Å². The average Bonchev–Trinajstić information content (AvgIpc) is 2.28. The average molecular weight is 244 g/mol. The third-order valence-corrected chi connectivity index (χ3v) is 4.52. The Balaban J connectivity index is 2.27. The van der Waals surface area contributed by atoms with Crippen LogP contribution >= 0.6 is 11.8 Å². The fraction of sp³-hybridized carbons (Fsp3) is 1.00. The lowest BCUT2D eigenvalue weighted by atomic mass is 9.93. The number of piperidine rings is 1. The minimum absolute atomic E-state index is 0.751. The van der Waals surface area contributed by atoms with E-state index in [0.29, 0.717) is 0 Å². The van der Waals surface area contributed by atoms with Crippen LogP contribution in [0.2, 0.25) is 0 Å². The molecule has 1 rings (SSSR count). The maximum Gasteiger partial charge on any atom is 0.0143 e. The number of rotatable bonds is 6. The lowest BCUT2D eigenvalue weighted by Crippen LogP contribution is -2.49. The summed E-state index contributed by atoms with van der Waals surface area (Å²) in [4.78, 5) is 2.63. The summed E-state index contributed by atoms with van der Waals surface area (Å²) < 4.78 is 0. The molecule has 3 unspecified atom stereocenters. The summed E-state index contributed by atoms with van der Waals surface area (Å²) >= 11 is 1.98. The zero-order chi connectivity index (χ0) is 12.0. The first-order chi connectivity index (χ1) is 7.67. The van der Waals surface area contributed by atoms with E-state index in [1.165, 1.54) is 39.0 Å². The first-order valence-electron chi connectivity index (χ1n) is 6.65. The number of nitrogens with zero attached hydrogens (tertiary/aromatic N) is 1. The molecule has 1 aliphatic rings. The Morgan fingerprint density at radius 2 is 2.25 bits per heavy atom. The summed E-state index contributed by atoms with van der Waals surface area (Å²) in [6.45, 7) is 11.9. The predicted molar refractivity (Wildman–Crippen MR) is 75.3 cm³/mol. The van der Waals surface area contributed by atoms with Gasteiger partial charge in [0.2, 0.25) is 0 Å². The maximum absolute atomic E-state index is 3.68. The highest BCUT2D eigenvalue weighted by atomic mass is 32.2. The van der Waals surface area contributed by atoms with Crippen molar-refractivity contribution in [1.82, 2.24) is 10.2 Å². The lowest BCUT2D eigenvalue weighted by Gasteiger charge is -2.38. The van der Waals surface area contributed by atoms with Crippen LogP contribution in [-0.2, 0) is 0 Å². The Labute approximate surface area is 106 Å². The van der Waals surface area contributed by atoms with Crippen molar-refractivity contribution >= 4 is 11.8 Å². The second-order valence-electron chi connectivity index (χ2n) is 5.13. The molecule has 1 N–H and O–H groups in total. The van der Waals surface area contributed by atoms with E-state index in [-0.39, 0.29) is 0 Å². The molecule has 0 bridgehead atoms. The molecule has 0 spiro atoms. The van der Waals surface area contributed by atoms with Gasteiger partial charge in [0.25, 0.3) is 0 Å². The first-order valence-corrected chi connectivity index (χ1v) is 7.94. The second kappa shape index (κ2) is 7.57. The van der Waals surface area contributed by atoms with E-state index in [1.54, 1.807) is 0 Å². The first kappa shape index (κ1) is 14.3. The number of hydrogen-bond acceptors (Lipinski definition) is 3. The third-order valence-electron chi connectivity index (χ3n) is 3.56. The molecule has 1 saturated heterocycles. The Morgan fingerprint density at radius 3 is 2.81 bits per heavy atom. The molecule has 16 heavy (non-hydrogen) atoms. The van der Waals surface area contributed by atoms with Gasteiger partial charge in [0.15, 0.2) is 0 Å². The van der Waals surface area contributed by atoms with Crippen molar-refractivity contribution in [2.75, 3.05) is 32.4 Å². The standard InChI is InChI=1S/C13H28N2S/c1-5-7-14-13-6-8-15(9-11(13)2)10-12(3)16-4/h11-14H,5-10H2,1-4H3. The topological polar surface area (TPSA) is 15.3 Å². The zero-order valence-corrected chi connectivity index (χ0v) is 12.1. The van der Waals surface area contributed by atoms with E-state index in [2.05, 4.69) is 37.2 Å². The predicted octanol–water partition coefficient (Wildman–Crippen LogP) is 2.45. The molecule has 1 aliphatic heterocycles. The summed E-state index contributed by atoms with van der Waals surface area (Å²) in [6, 6.07) is 0.751. The summed E-state index contributed by atoms with van der Waals surface area (Å²) in [5.41, 5.74) is 0. The Hall–Kier alpha value is 0.270. The van der Waals surface area contributed by atoms with Gasteiger partial charge in [-0.25, -0.2) is 0 Å². The van der Waals surface area contributed by atoms with Crippen LogP contribution in [0.25, 0.3) is 0 Å². The van der Waals surface area contributed by atoms with E-state index in [4.69, 9.17) is 0 Å². The normalized spacial score (nSPS) is 29.2. The molecular weight excluding hydrogens is 216 g/mol. The van der Waals surface area contributed by atoms with Crippen molar-refractivity contribution in [2.45, 2.75) is 44.9 Å². The van der Waals surface area contributed by atoms with Gasteiger partial charge < -0.3 is 10.2 Å². The van der Waals surface area contributed by atoms with Crippen LogP contribution in [0.1, 0.15) is 33.6 Å². The van der Waals surface area contributed by atoms with Crippen molar-refractivity contribution < 1.29 is 0 Å². The Kier molecular flexibility index (Phi) is 6.78. The van der Waals surface area contributed by atoms with E-state index in [0.717, 1.165) is 17.2 Å². The fourth-order valence-electron chi connectivity index (χ4n) is 2.47. The van der Waals surface area contributed by atoms with Crippen LogP contribution < -0.4 is 5.32 Å². The van der Waals surface area contributed by atoms with Gasteiger partial charge in [0.1, 0.15) is 0 Å². The molecule has 96 valence electrons. The van der Waals surface area contributed by atoms with E-state index >= 15 is 0 Å². The van der Waals surface area contributed by atoms with Gasteiger partial charge in [-0.3, -0.25) is 0 Å². The number of thioether (sulfide) groups is 1. The minimum Gasteiger partial charge on any atom is -0.314 e. The van der Waals surface area contributed by atoms with Crippen molar-refractivity contribution in [3.8, 4) is 0 Å². The van der Waals surface area contributed by atoms with Crippen molar-refractivity contribution in [3.05, 3.63) is 0 Å². The van der Waals surface area contributed by atoms with Crippen LogP contribution in [0.3, 0.4) is 0 Å². The van der Waals surface area contributed by atoms with Crippen LogP contribution in [0.5, 0.6) is 0 Å². The maximum atomic E-state index is 3.68. The highest BCUT2D eigenvalue weighted by Gasteiger charge is 2.25. The molecule has 0 aromatic heterocycles. The minimum atomic E-state index is 0.751. The SMILES string of the molecule is CCCNC1CCN(CC(C)SC)CC1C. The highest BCUT2D eigenvalue weighted by Crippen LogP contribution is 2.18. The van der Waals surface area contributed by atoms with Gasteiger partial charge in [-0.2, -0.15) is 11.8 Å². The molecular formula is C13H28N2S. The second-order valence-corrected chi connectivity index (χ2v) is 6.41. The van der Waals surface area contributed by atoms with Crippen LogP contribution in [-0.4, -0.2) is 48.6 Å². The quantitative estimate of drug-likeness (QED) is 0.772. The summed E-state index contributed by atoms with van der Waals surface area (Å²) in [6.07, 6.45) is 4.78. The smallest absolute Gasteiger partial charge is 0.0143 e. The molecule has 2 nitrogen and oxygen atoms in total. The number of hydrogen-bond donors (Lipinski definition) is 1. The molecule has 0 radical (unpaired) electrons. The number of nitrogens with one attached hydrogen (secondary N) is 1. The molecule has 0 aliphatic carbocycles. The molecule has 0 amide bonds. The van der Waals surface area contributed by atoms with Crippen LogP contribution in [0, 0.1) is 5.92 Å².